The molecule has 1 aliphatic heterocycles. The lowest BCUT2D eigenvalue weighted by molar-refractivity contribution is -0.121. The summed E-state index contributed by atoms with van der Waals surface area (Å²) < 4.78 is 0. The molecule has 1 amide bonds. The van der Waals surface area contributed by atoms with E-state index in [0.717, 1.165) is 0 Å². The number of carbonyl (C=O) groups excluding carboxylic acids is 2. The van der Waals surface area contributed by atoms with Gasteiger partial charge in [-0.15, -0.1) is 0 Å². The fourth-order valence-electron chi connectivity index (χ4n) is 1.48. The van der Waals surface area contributed by atoms with Crippen molar-refractivity contribution in [3.05, 3.63) is 23.9 Å². The van der Waals surface area contributed by atoms with Crippen LogP contribution in [0, 0.1) is 11.3 Å². The molecule has 1 saturated heterocycles. The van der Waals surface area contributed by atoms with Crippen molar-refractivity contribution >= 4 is 17.5 Å². The lowest BCUT2D eigenvalue weighted by Gasteiger charge is -2.13. The van der Waals surface area contributed by atoms with Gasteiger partial charge in [0.2, 0.25) is 5.91 Å². The van der Waals surface area contributed by atoms with Gasteiger partial charge in [0, 0.05) is 6.20 Å². The minimum atomic E-state index is -0.296. The topological polar surface area (TPSA) is 74.1 Å². The van der Waals surface area contributed by atoms with Gasteiger partial charge in [0.25, 0.3) is 0 Å². The smallest absolute Gasteiger partial charge is 0.236 e. The largest absolute Gasteiger partial charge is 0.297 e. The molecule has 1 fully saturated rings. The summed E-state index contributed by atoms with van der Waals surface area (Å²) in [5, 5.41) is 8.82. The summed E-state index contributed by atoms with van der Waals surface area (Å²) in [4.78, 5) is 27.7. The number of nitriles is 1. The summed E-state index contributed by atoms with van der Waals surface area (Å²) in [6.45, 7) is 0.0184. The van der Waals surface area contributed by atoms with Crippen LogP contribution in [0.5, 0.6) is 0 Å². The number of Topliss-reactive ketones (excluding diaryl/α,β-unsaturated/α-hetero) is 1. The molecule has 0 saturated carbocycles. The Kier molecular flexibility index (Phi) is 2.18. The Hall–Kier alpha value is -2.22. The van der Waals surface area contributed by atoms with Gasteiger partial charge in [-0.25, -0.2) is 4.98 Å². The molecule has 1 aromatic heterocycles. The van der Waals surface area contributed by atoms with E-state index >= 15 is 0 Å². The van der Waals surface area contributed by atoms with Crippen LogP contribution in [0.3, 0.4) is 0 Å². The summed E-state index contributed by atoms with van der Waals surface area (Å²) in [7, 11) is 0. The second-order valence-electron chi connectivity index (χ2n) is 3.18. The van der Waals surface area contributed by atoms with Gasteiger partial charge in [-0.3, -0.25) is 14.5 Å². The molecule has 0 radical (unpaired) electrons. The van der Waals surface area contributed by atoms with E-state index in [1.165, 1.54) is 11.1 Å². The minimum absolute atomic E-state index is 0.0184. The first-order chi connectivity index (χ1) is 7.22. The van der Waals surface area contributed by atoms with Crippen LogP contribution < -0.4 is 4.90 Å². The van der Waals surface area contributed by atoms with E-state index in [1.807, 2.05) is 6.07 Å². The van der Waals surface area contributed by atoms with E-state index in [-0.39, 0.29) is 30.5 Å². The number of pyridine rings is 1. The maximum absolute atomic E-state index is 11.4. The molecule has 0 unspecified atom stereocenters. The first-order valence-electron chi connectivity index (χ1n) is 4.39. The number of hydrogen-bond donors (Lipinski definition) is 0. The van der Waals surface area contributed by atoms with Crippen LogP contribution in [-0.2, 0) is 9.59 Å². The van der Waals surface area contributed by atoms with Crippen molar-refractivity contribution in [2.24, 2.45) is 0 Å². The molecule has 5 nitrogen and oxygen atoms in total. The number of nitrogens with zero attached hydrogens (tertiary/aromatic N) is 3. The zero-order valence-electron chi connectivity index (χ0n) is 7.80. The molecular weight excluding hydrogens is 194 g/mol. The summed E-state index contributed by atoms with van der Waals surface area (Å²) in [5.41, 5.74) is 0.306. The van der Waals surface area contributed by atoms with Crippen molar-refractivity contribution in [2.45, 2.75) is 6.42 Å². The van der Waals surface area contributed by atoms with Crippen molar-refractivity contribution in [3.63, 3.8) is 0 Å². The van der Waals surface area contributed by atoms with E-state index in [9.17, 15) is 9.59 Å². The van der Waals surface area contributed by atoms with Gasteiger partial charge in [-0.2, -0.15) is 5.26 Å². The van der Waals surface area contributed by atoms with Gasteiger partial charge >= 0.3 is 0 Å². The van der Waals surface area contributed by atoms with Crippen LogP contribution in [0.25, 0.3) is 0 Å². The molecule has 5 heteroatoms. The van der Waals surface area contributed by atoms with Crippen LogP contribution in [0.1, 0.15) is 12.0 Å². The fourth-order valence-corrected chi connectivity index (χ4v) is 1.48. The molecule has 1 aliphatic rings. The Balaban J connectivity index is 2.42. The third-order valence-corrected chi connectivity index (χ3v) is 2.15. The SMILES string of the molecule is N#Cc1cccnc1N1CC(=O)CC1=O. The highest BCUT2D eigenvalue weighted by molar-refractivity contribution is 6.15. The van der Waals surface area contributed by atoms with Gasteiger partial charge in [-0.05, 0) is 12.1 Å². The Morgan fingerprint density at radius 3 is 2.87 bits per heavy atom. The predicted molar refractivity (Wildman–Crippen MR) is 50.9 cm³/mol. The molecule has 0 aliphatic carbocycles. The Bertz CT molecular complexity index is 476. The molecular formula is C10H7N3O2. The lowest BCUT2D eigenvalue weighted by Crippen LogP contribution is -2.26. The standard InChI is InChI=1S/C10H7N3O2/c11-5-7-2-1-3-12-10(7)13-6-8(14)4-9(13)15/h1-3H,4,6H2. The van der Waals surface area contributed by atoms with Crippen molar-refractivity contribution in [1.29, 1.82) is 5.26 Å². The van der Waals surface area contributed by atoms with Gasteiger partial charge in [0.1, 0.15) is 6.07 Å². The molecule has 0 atom stereocenters. The second kappa shape index (κ2) is 3.50. The molecule has 0 N–H and O–H groups in total. The molecule has 15 heavy (non-hydrogen) atoms. The molecule has 1 aromatic rings. The highest BCUT2D eigenvalue weighted by atomic mass is 16.2. The Morgan fingerprint density at radius 2 is 2.27 bits per heavy atom. The van der Waals surface area contributed by atoms with E-state index in [1.54, 1.807) is 12.1 Å². The number of amides is 1. The van der Waals surface area contributed by atoms with Crippen molar-refractivity contribution in [3.8, 4) is 6.07 Å². The van der Waals surface area contributed by atoms with Crippen molar-refractivity contribution in [2.75, 3.05) is 11.4 Å². The van der Waals surface area contributed by atoms with Gasteiger partial charge < -0.3 is 0 Å². The Morgan fingerprint density at radius 1 is 1.47 bits per heavy atom. The van der Waals surface area contributed by atoms with Crippen LogP contribution in [0.2, 0.25) is 0 Å². The number of ketones is 1. The summed E-state index contributed by atoms with van der Waals surface area (Å²) in [5.74, 6) is -0.166. The van der Waals surface area contributed by atoms with Crippen LogP contribution >= 0.6 is 0 Å². The Labute approximate surface area is 85.9 Å². The maximum Gasteiger partial charge on any atom is 0.236 e. The van der Waals surface area contributed by atoms with E-state index < -0.39 is 0 Å². The second-order valence-corrected chi connectivity index (χ2v) is 3.18. The third kappa shape index (κ3) is 1.57. The fraction of sp³-hybridized carbons (Fsp3) is 0.200. The van der Waals surface area contributed by atoms with E-state index in [2.05, 4.69) is 4.98 Å². The summed E-state index contributed by atoms with van der Waals surface area (Å²) >= 11 is 0. The number of rotatable bonds is 1. The van der Waals surface area contributed by atoms with Crippen molar-refractivity contribution < 1.29 is 9.59 Å². The highest BCUT2D eigenvalue weighted by Crippen LogP contribution is 2.20. The summed E-state index contributed by atoms with van der Waals surface area (Å²) in [6, 6.07) is 5.12. The third-order valence-electron chi connectivity index (χ3n) is 2.15. The van der Waals surface area contributed by atoms with Crippen LogP contribution in [-0.4, -0.2) is 23.2 Å². The number of hydrogen-bond acceptors (Lipinski definition) is 4. The normalized spacial score (nSPS) is 15.5. The minimum Gasteiger partial charge on any atom is -0.297 e. The first-order valence-corrected chi connectivity index (χ1v) is 4.39. The van der Waals surface area contributed by atoms with E-state index in [4.69, 9.17) is 5.26 Å². The van der Waals surface area contributed by atoms with Crippen molar-refractivity contribution in [1.82, 2.24) is 4.98 Å². The van der Waals surface area contributed by atoms with Crippen LogP contribution in [0.15, 0.2) is 18.3 Å². The number of carbonyl (C=O) groups is 2. The van der Waals surface area contributed by atoms with Crippen LogP contribution in [0.4, 0.5) is 5.82 Å². The summed E-state index contributed by atoms with van der Waals surface area (Å²) in [6.07, 6.45) is 1.40. The quantitative estimate of drug-likeness (QED) is 0.611. The number of aromatic nitrogens is 1. The molecule has 0 aromatic carbocycles. The van der Waals surface area contributed by atoms with Gasteiger partial charge in [0.15, 0.2) is 11.6 Å². The predicted octanol–water partition coefficient (Wildman–Crippen LogP) is 0.259. The first kappa shape index (κ1) is 9.34. The molecule has 2 rings (SSSR count). The maximum atomic E-state index is 11.4. The lowest BCUT2D eigenvalue weighted by atomic mass is 10.2. The van der Waals surface area contributed by atoms with E-state index in [0.29, 0.717) is 5.56 Å². The number of anilines is 1. The highest BCUT2D eigenvalue weighted by Gasteiger charge is 2.30. The average molecular weight is 201 g/mol. The molecule has 2 heterocycles. The zero-order valence-corrected chi connectivity index (χ0v) is 7.80. The molecule has 0 bridgehead atoms. The van der Waals surface area contributed by atoms with Gasteiger partial charge in [0.05, 0.1) is 18.5 Å². The molecule has 74 valence electrons. The molecule has 0 spiro atoms. The average Bonchev–Trinajstić information content (AvgIpc) is 2.57. The van der Waals surface area contributed by atoms with Gasteiger partial charge in [-0.1, -0.05) is 0 Å². The zero-order chi connectivity index (χ0) is 10.8. The monoisotopic (exact) mass is 201 g/mol.